The van der Waals surface area contributed by atoms with Gasteiger partial charge in [-0.2, -0.15) is 0 Å². The number of alkyl halides is 1. The number of allylic oxidation sites excluding steroid dienone is 1. The Morgan fingerprint density at radius 2 is 1.76 bits per heavy atom. The minimum absolute atomic E-state index is 0.213. The van der Waals surface area contributed by atoms with Crippen molar-refractivity contribution in [1.29, 1.82) is 0 Å². The summed E-state index contributed by atoms with van der Waals surface area (Å²) < 4.78 is 26.5. The molecule has 0 aromatic heterocycles. The van der Waals surface area contributed by atoms with E-state index in [-0.39, 0.29) is 12.5 Å². The molecule has 1 fully saturated rings. The van der Waals surface area contributed by atoms with E-state index < -0.39 is 5.97 Å². The summed E-state index contributed by atoms with van der Waals surface area (Å²) in [6.07, 6.45) is 4.14. The molecule has 192 valence electrons. The average Bonchev–Trinajstić information content (AvgIpc) is 3.06. The van der Waals surface area contributed by atoms with Gasteiger partial charge in [-0.1, -0.05) is 36.4 Å². The van der Waals surface area contributed by atoms with E-state index in [2.05, 4.69) is 29.2 Å². The van der Waals surface area contributed by atoms with Gasteiger partial charge in [0.15, 0.2) is 0 Å². The molecular weight excluding hydrogens is 468 g/mol. The van der Waals surface area contributed by atoms with Crippen LogP contribution < -0.4 is 0 Å². The van der Waals surface area contributed by atoms with Gasteiger partial charge in [0.1, 0.15) is 5.82 Å². The predicted octanol–water partition coefficient (Wildman–Crippen LogP) is 6.96. The molecule has 1 N–H and O–H groups in total. The highest BCUT2D eigenvalue weighted by Crippen LogP contribution is 2.40. The Kier molecular flexibility index (Phi) is 7.52. The van der Waals surface area contributed by atoms with Gasteiger partial charge in [-0.25, -0.2) is 9.18 Å². The Morgan fingerprint density at radius 1 is 1.00 bits per heavy atom. The van der Waals surface area contributed by atoms with E-state index in [1.54, 1.807) is 19.1 Å². The van der Waals surface area contributed by atoms with Crippen molar-refractivity contribution >= 4 is 17.1 Å². The second-order valence-corrected chi connectivity index (χ2v) is 10.4. The molecule has 5 rings (SSSR count). The molecule has 1 heterocycles. The molecule has 3 nitrogen and oxygen atoms in total. The molecule has 1 aliphatic heterocycles. The van der Waals surface area contributed by atoms with E-state index in [1.807, 2.05) is 18.2 Å². The Hall–Kier alpha value is -3.31. The lowest BCUT2D eigenvalue weighted by Gasteiger charge is -2.39. The van der Waals surface area contributed by atoms with Gasteiger partial charge in [0, 0.05) is 19.6 Å². The molecule has 0 amide bonds. The lowest BCUT2D eigenvalue weighted by atomic mass is 9.86. The van der Waals surface area contributed by atoms with E-state index in [4.69, 9.17) is 0 Å². The maximum atomic E-state index is 14.1. The number of carbonyl (C=O) groups is 1. The number of aromatic carboxylic acids is 1. The number of benzene rings is 3. The summed E-state index contributed by atoms with van der Waals surface area (Å²) in [6, 6.07) is 19.4. The maximum absolute atomic E-state index is 14.1. The Morgan fingerprint density at radius 3 is 2.46 bits per heavy atom. The molecule has 1 saturated heterocycles. The van der Waals surface area contributed by atoms with Crippen molar-refractivity contribution < 1.29 is 18.7 Å². The quantitative estimate of drug-likeness (QED) is 0.363. The number of fused-ring (bicyclic) bond motifs is 1. The zero-order valence-corrected chi connectivity index (χ0v) is 21.3. The highest BCUT2D eigenvalue weighted by Gasteiger charge is 2.26. The van der Waals surface area contributed by atoms with Crippen LogP contribution in [0, 0.1) is 18.7 Å². The first-order valence-corrected chi connectivity index (χ1v) is 13.2. The van der Waals surface area contributed by atoms with Crippen molar-refractivity contribution in [2.24, 2.45) is 5.92 Å². The molecule has 0 radical (unpaired) electrons. The standard InChI is InChI=1S/C32H33F2NO2/c1-21-16-26(11-13-30(21)34)28-5-2-4-25-18-27(32(36)37)10-12-29(25)31(28)24-8-6-22(7-9-24)17-23-19-35(20-23)15-3-14-33/h6-13,16,18,23H,2-5,14-15,17,19-20H2,1H3,(H,36,37). The van der Waals surface area contributed by atoms with Crippen LogP contribution in [0.5, 0.6) is 0 Å². The number of rotatable bonds is 8. The molecule has 3 aromatic rings. The highest BCUT2D eigenvalue weighted by molar-refractivity contribution is 6.00. The van der Waals surface area contributed by atoms with Gasteiger partial charge in [0.05, 0.1) is 12.2 Å². The molecule has 0 atom stereocenters. The van der Waals surface area contributed by atoms with Crippen molar-refractivity contribution in [3.63, 3.8) is 0 Å². The van der Waals surface area contributed by atoms with Gasteiger partial charge in [-0.05, 0) is 114 Å². The van der Waals surface area contributed by atoms with Crippen LogP contribution in [-0.2, 0) is 12.8 Å². The van der Waals surface area contributed by atoms with Crippen molar-refractivity contribution in [1.82, 2.24) is 4.90 Å². The molecule has 0 unspecified atom stereocenters. The van der Waals surface area contributed by atoms with E-state index >= 15 is 0 Å². The number of hydrogen-bond donors (Lipinski definition) is 1. The molecule has 5 heteroatoms. The molecule has 3 aromatic carbocycles. The summed E-state index contributed by atoms with van der Waals surface area (Å²) in [6.45, 7) is 4.44. The molecular formula is C32H33F2NO2. The molecule has 1 aliphatic carbocycles. The van der Waals surface area contributed by atoms with Crippen LogP contribution in [0.15, 0.2) is 60.7 Å². The Bertz CT molecular complexity index is 1320. The van der Waals surface area contributed by atoms with Crippen LogP contribution >= 0.6 is 0 Å². The smallest absolute Gasteiger partial charge is 0.335 e. The lowest BCUT2D eigenvalue weighted by Crippen LogP contribution is -2.47. The number of carboxylic acid groups (broad SMARTS) is 1. The first-order chi connectivity index (χ1) is 17.9. The fourth-order valence-electron chi connectivity index (χ4n) is 5.78. The van der Waals surface area contributed by atoms with Crippen LogP contribution in [0.2, 0.25) is 0 Å². The first kappa shape index (κ1) is 25.3. The molecule has 0 saturated carbocycles. The minimum Gasteiger partial charge on any atom is -0.478 e. The fourth-order valence-corrected chi connectivity index (χ4v) is 5.78. The number of nitrogens with zero attached hydrogens (tertiary/aromatic N) is 1. The van der Waals surface area contributed by atoms with E-state index in [0.717, 1.165) is 73.1 Å². The number of likely N-dealkylation sites (tertiary alicyclic amines) is 1. The summed E-state index contributed by atoms with van der Waals surface area (Å²) in [5.41, 5.74) is 8.66. The third-order valence-corrected chi connectivity index (χ3v) is 7.71. The number of carboxylic acids is 1. The number of halogens is 2. The second kappa shape index (κ2) is 11.0. The van der Waals surface area contributed by atoms with Gasteiger partial charge in [0.25, 0.3) is 0 Å². The summed E-state index contributed by atoms with van der Waals surface area (Å²) in [7, 11) is 0. The topological polar surface area (TPSA) is 40.5 Å². The van der Waals surface area contributed by atoms with Gasteiger partial charge in [-0.15, -0.1) is 0 Å². The van der Waals surface area contributed by atoms with E-state index in [0.29, 0.717) is 23.5 Å². The van der Waals surface area contributed by atoms with Crippen molar-refractivity contribution in [3.05, 3.63) is 105 Å². The fraction of sp³-hybridized carbons (Fsp3) is 0.344. The van der Waals surface area contributed by atoms with E-state index in [9.17, 15) is 18.7 Å². The van der Waals surface area contributed by atoms with Gasteiger partial charge in [0.2, 0.25) is 0 Å². The minimum atomic E-state index is -0.921. The highest BCUT2D eigenvalue weighted by atomic mass is 19.1. The van der Waals surface area contributed by atoms with E-state index in [1.165, 1.54) is 17.2 Å². The summed E-state index contributed by atoms with van der Waals surface area (Å²) >= 11 is 0. The predicted molar refractivity (Wildman–Crippen MR) is 144 cm³/mol. The number of aryl methyl sites for hydroxylation is 2. The van der Waals surface area contributed by atoms with Crippen molar-refractivity contribution in [2.75, 3.05) is 26.3 Å². The average molecular weight is 502 g/mol. The molecule has 37 heavy (non-hydrogen) atoms. The SMILES string of the molecule is Cc1cc(C2=C(c3ccc(CC4CN(CCCF)C4)cc3)c3ccc(C(=O)O)cc3CCC2)ccc1F. The monoisotopic (exact) mass is 501 g/mol. The number of hydrogen-bond acceptors (Lipinski definition) is 2. The summed E-state index contributed by atoms with van der Waals surface area (Å²) in [5.74, 6) is -0.527. The van der Waals surface area contributed by atoms with Crippen LogP contribution in [0.25, 0.3) is 11.1 Å². The van der Waals surface area contributed by atoms with Crippen molar-refractivity contribution in [2.45, 2.75) is 39.0 Å². The third kappa shape index (κ3) is 5.52. The van der Waals surface area contributed by atoms with Crippen LogP contribution in [-0.4, -0.2) is 42.3 Å². The summed E-state index contributed by atoms with van der Waals surface area (Å²) in [4.78, 5) is 14.0. The molecule has 0 spiro atoms. The van der Waals surface area contributed by atoms with Crippen LogP contribution in [0.1, 0.15) is 63.0 Å². The van der Waals surface area contributed by atoms with Crippen LogP contribution in [0.3, 0.4) is 0 Å². The molecule has 2 aliphatic rings. The molecule has 0 bridgehead atoms. The lowest BCUT2D eigenvalue weighted by molar-refractivity contribution is 0.0696. The summed E-state index contributed by atoms with van der Waals surface area (Å²) in [5, 5.41) is 9.55. The Labute approximate surface area is 217 Å². The zero-order valence-electron chi connectivity index (χ0n) is 21.3. The normalized spacial score (nSPS) is 16.3. The van der Waals surface area contributed by atoms with Gasteiger partial charge < -0.3 is 10.0 Å². The van der Waals surface area contributed by atoms with Gasteiger partial charge >= 0.3 is 5.97 Å². The largest absolute Gasteiger partial charge is 0.478 e. The zero-order chi connectivity index (χ0) is 25.9. The second-order valence-electron chi connectivity index (χ2n) is 10.4. The van der Waals surface area contributed by atoms with Gasteiger partial charge in [-0.3, -0.25) is 4.39 Å². The third-order valence-electron chi connectivity index (χ3n) is 7.71. The first-order valence-electron chi connectivity index (χ1n) is 13.2. The van der Waals surface area contributed by atoms with Crippen LogP contribution in [0.4, 0.5) is 8.78 Å². The Balaban J connectivity index is 1.50. The van der Waals surface area contributed by atoms with Crippen molar-refractivity contribution in [3.8, 4) is 0 Å². The maximum Gasteiger partial charge on any atom is 0.335 e.